The third kappa shape index (κ3) is 5.57. The molecule has 1 rings (SSSR count). The lowest BCUT2D eigenvalue weighted by molar-refractivity contribution is 0.0520. The molecule has 0 radical (unpaired) electrons. The van der Waals surface area contributed by atoms with E-state index in [1.807, 2.05) is 0 Å². The van der Waals surface area contributed by atoms with Gasteiger partial charge in [0.2, 0.25) is 0 Å². The van der Waals surface area contributed by atoms with Crippen LogP contribution in [0.3, 0.4) is 0 Å². The fourth-order valence-corrected chi connectivity index (χ4v) is 2.40. The van der Waals surface area contributed by atoms with E-state index in [1.54, 1.807) is 12.3 Å². The van der Waals surface area contributed by atoms with Gasteiger partial charge in [0.25, 0.3) is 0 Å². The lowest BCUT2D eigenvalue weighted by Gasteiger charge is -2.17. The molecule has 0 atom stereocenters. The van der Waals surface area contributed by atoms with Crippen molar-refractivity contribution in [2.45, 2.75) is 27.2 Å². The number of carbonyl (C=O) groups excluding carboxylic acids is 1. The molecule has 1 aromatic rings. The minimum atomic E-state index is -0.352. The quantitative estimate of drug-likeness (QED) is 0.558. The van der Waals surface area contributed by atoms with Crippen LogP contribution in [0.25, 0.3) is 0 Å². The Kier molecular flexibility index (Phi) is 7.43. The van der Waals surface area contributed by atoms with Crippen molar-refractivity contribution >= 4 is 22.4 Å². The molecular formula is C13H23N3O2S. The molecule has 1 heterocycles. The third-order valence-electron chi connectivity index (χ3n) is 2.81. The van der Waals surface area contributed by atoms with Crippen LogP contribution in [-0.4, -0.2) is 48.6 Å². The molecule has 0 bridgehead atoms. The van der Waals surface area contributed by atoms with Gasteiger partial charge in [-0.25, -0.2) is 9.78 Å². The second-order valence-corrected chi connectivity index (χ2v) is 4.92. The highest BCUT2D eigenvalue weighted by molar-refractivity contribution is 7.13. The van der Waals surface area contributed by atoms with Crippen molar-refractivity contribution in [2.24, 2.45) is 0 Å². The number of esters is 1. The third-order valence-corrected chi connectivity index (χ3v) is 3.61. The summed E-state index contributed by atoms with van der Waals surface area (Å²) in [5, 5.41) is 5.75. The van der Waals surface area contributed by atoms with Gasteiger partial charge in [-0.2, -0.15) is 0 Å². The van der Waals surface area contributed by atoms with E-state index in [0.29, 0.717) is 12.3 Å². The van der Waals surface area contributed by atoms with Crippen LogP contribution in [0, 0.1) is 0 Å². The van der Waals surface area contributed by atoms with Gasteiger partial charge in [-0.3, -0.25) is 0 Å². The van der Waals surface area contributed by atoms with E-state index in [9.17, 15) is 4.79 Å². The summed E-state index contributed by atoms with van der Waals surface area (Å²) in [4.78, 5) is 18.0. The minimum Gasteiger partial charge on any atom is -0.461 e. The van der Waals surface area contributed by atoms with Gasteiger partial charge in [-0.05, 0) is 33.0 Å². The van der Waals surface area contributed by atoms with Crippen molar-refractivity contribution in [1.82, 2.24) is 9.88 Å². The van der Waals surface area contributed by atoms with E-state index < -0.39 is 0 Å². The minimum absolute atomic E-state index is 0.352. The standard InChI is InChI=1S/C13H23N3O2S/c1-4-16(5-2)9-7-8-14-13-15-11(10-19-13)12(17)18-6-3/h10H,4-9H2,1-3H3,(H,14,15). The molecule has 0 aliphatic carbocycles. The number of rotatable bonds is 9. The summed E-state index contributed by atoms with van der Waals surface area (Å²) < 4.78 is 4.90. The van der Waals surface area contributed by atoms with Crippen LogP contribution in [0.5, 0.6) is 0 Å². The van der Waals surface area contributed by atoms with E-state index in [2.05, 4.69) is 29.0 Å². The average molecular weight is 285 g/mol. The molecule has 0 spiro atoms. The molecule has 0 saturated carbocycles. The maximum atomic E-state index is 11.4. The van der Waals surface area contributed by atoms with Crippen LogP contribution in [0.2, 0.25) is 0 Å². The van der Waals surface area contributed by atoms with Gasteiger partial charge in [0.1, 0.15) is 0 Å². The molecule has 1 N–H and O–H groups in total. The van der Waals surface area contributed by atoms with Crippen molar-refractivity contribution in [2.75, 3.05) is 38.1 Å². The molecule has 0 fully saturated rings. The molecule has 0 amide bonds. The van der Waals surface area contributed by atoms with Gasteiger partial charge >= 0.3 is 5.97 Å². The largest absolute Gasteiger partial charge is 0.461 e. The maximum Gasteiger partial charge on any atom is 0.357 e. The molecule has 0 aromatic carbocycles. The monoisotopic (exact) mass is 285 g/mol. The molecule has 0 aliphatic rings. The number of anilines is 1. The Labute approximate surface area is 119 Å². The highest BCUT2D eigenvalue weighted by atomic mass is 32.1. The van der Waals surface area contributed by atoms with Crippen molar-refractivity contribution < 1.29 is 9.53 Å². The van der Waals surface area contributed by atoms with Crippen LogP contribution in [-0.2, 0) is 4.74 Å². The average Bonchev–Trinajstić information content (AvgIpc) is 2.88. The normalized spacial score (nSPS) is 10.7. The van der Waals surface area contributed by atoms with Crippen LogP contribution in [0.15, 0.2) is 5.38 Å². The number of nitrogens with zero attached hydrogens (tertiary/aromatic N) is 2. The Morgan fingerprint density at radius 3 is 2.79 bits per heavy atom. The first-order chi connectivity index (χ1) is 9.21. The van der Waals surface area contributed by atoms with Crippen molar-refractivity contribution in [1.29, 1.82) is 0 Å². The van der Waals surface area contributed by atoms with Crippen molar-refractivity contribution in [3.05, 3.63) is 11.1 Å². The predicted octanol–water partition coefficient (Wildman–Crippen LogP) is 2.46. The number of hydrogen-bond donors (Lipinski definition) is 1. The molecular weight excluding hydrogens is 262 g/mol. The molecule has 0 saturated heterocycles. The summed E-state index contributed by atoms with van der Waals surface area (Å²) in [6, 6.07) is 0. The summed E-state index contributed by atoms with van der Waals surface area (Å²) >= 11 is 1.44. The van der Waals surface area contributed by atoms with Crippen LogP contribution in [0.1, 0.15) is 37.7 Å². The molecule has 19 heavy (non-hydrogen) atoms. The van der Waals surface area contributed by atoms with Gasteiger partial charge in [0.05, 0.1) is 6.61 Å². The van der Waals surface area contributed by atoms with Gasteiger partial charge in [-0.1, -0.05) is 13.8 Å². The Morgan fingerprint density at radius 2 is 2.16 bits per heavy atom. The lowest BCUT2D eigenvalue weighted by atomic mass is 10.3. The second kappa shape index (κ2) is 8.87. The predicted molar refractivity (Wildman–Crippen MR) is 79.0 cm³/mol. The first kappa shape index (κ1) is 15.9. The zero-order chi connectivity index (χ0) is 14.1. The first-order valence-electron chi connectivity index (χ1n) is 6.80. The van der Waals surface area contributed by atoms with E-state index in [0.717, 1.165) is 37.7 Å². The maximum absolute atomic E-state index is 11.4. The topological polar surface area (TPSA) is 54.5 Å². The number of nitrogens with one attached hydrogen (secondary N) is 1. The van der Waals surface area contributed by atoms with Crippen LogP contribution < -0.4 is 5.32 Å². The molecule has 6 heteroatoms. The summed E-state index contributed by atoms with van der Waals surface area (Å²) in [6.07, 6.45) is 1.07. The van der Waals surface area contributed by atoms with E-state index in [-0.39, 0.29) is 5.97 Å². The number of carbonyl (C=O) groups is 1. The summed E-state index contributed by atoms with van der Waals surface area (Å²) in [7, 11) is 0. The zero-order valence-electron chi connectivity index (χ0n) is 11.9. The Hall–Kier alpha value is -1.14. The molecule has 0 unspecified atom stereocenters. The number of hydrogen-bond acceptors (Lipinski definition) is 6. The highest BCUT2D eigenvalue weighted by Crippen LogP contribution is 2.15. The highest BCUT2D eigenvalue weighted by Gasteiger charge is 2.11. The zero-order valence-corrected chi connectivity index (χ0v) is 12.8. The first-order valence-corrected chi connectivity index (χ1v) is 7.68. The van der Waals surface area contributed by atoms with E-state index >= 15 is 0 Å². The van der Waals surface area contributed by atoms with Gasteiger partial charge in [-0.15, -0.1) is 11.3 Å². The second-order valence-electron chi connectivity index (χ2n) is 4.07. The van der Waals surface area contributed by atoms with Crippen molar-refractivity contribution in [3.8, 4) is 0 Å². The van der Waals surface area contributed by atoms with Crippen LogP contribution >= 0.6 is 11.3 Å². The van der Waals surface area contributed by atoms with Crippen LogP contribution in [0.4, 0.5) is 5.13 Å². The number of ether oxygens (including phenoxy) is 1. The molecule has 5 nitrogen and oxygen atoms in total. The lowest BCUT2D eigenvalue weighted by Crippen LogP contribution is -2.25. The van der Waals surface area contributed by atoms with Gasteiger partial charge < -0.3 is 15.0 Å². The fraction of sp³-hybridized carbons (Fsp3) is 0.692. The Bertz CT molecular complexity index is 378. The van der Waals surface area contributed by atoms with Gasteiger partial charge in [0.15, 0.2) is 10.8 Å². The molecule has 108 valence electrons. The summed E-state index contributed by atoms with van der Waals surface area (Å²) in [6.45, 7) is 10.6. The smallest absolute Gasteiger partial charge is 0.357 e. The van der Waals surface area contributed by atoms with Gasteiger partial charge in [0, 0.05) is 11.9 Å². The number of thiazole rings is 1. The molecule has 1 aromatic heterocycles. The van der Waals surface area contributed by atoms with E-state index in [1.165, 1.54) is 11.3 Å². The summed E-state index contributed by atoms with van der Waals surface area (Å²) in [5.41, 5.74) is 0.387. The summed E-state index contributed by atoms with van der Waals surface area (Å²) in [5.74, 6) is -0.352. The molecule has 0 aliphatic heterocycles. The number of aromatic nitrogens is 1. The Morgan fingerprint density at radius 1 is 1.42 bits per heavy atom. The SMILES string of the molecule is CCOC(=O)c1csc(NCCCN(CC)CC)n1. The fourth-order valence-electron chi connectivity index (χ4n) is 1.69. The van der Waals surface area contributed by atoms with E-state index in [4.69, 9.17) is 4.74 Å². The van der Waals surface area contributed by atoms with Crippen molar-refractivity contribution in [3.63, 3.8) is 0 Å². The Balaban J connectivity index is 2.28.